The molecule has 0 saturated heterocycles. The van der Waals surface area contributed by atoms with E-state index in [1.165, 1.54) is 24.3 Å². The molecule has 0 saturated carbocycles. The molecule has 3 aliphatic rings. The zero-order valence-electron chi connectivity index (χ0n) is 25.0. The first-order valence-corrected chi connectivity index (χ1v) is 14.7. The number of nitrogens with zero attached hydrogens (tertiary/aromatic N) is 2. The van der Waals surface area contributed by atoms with Crippen LogP contribution in [0.15, 0.2) is 41.2 Å². The van der Waals surface area contributed by atoms with Crippen LogP contribution in [0.2, 0.25) is 0 Å². The third-order valence-electron chi connectivity index (χ3n) is 6.28. The standard InChI is InChI=1S/C30H42N2O12/c33-27-1-2-28(34)31(27)5-7-37-9-11-39-13-15-41-17-19-43-23-25-21-26(22-25)24-44-20-18-42-16-14-40-12-10-38-8-6-32-29(35)3-4-30(32)36/h1-4H,5-21,23-24H2. The summed E-state index contributed by atoms with van der Waals surface area (Å²) in [5.74, 6) is -1.24. The number of rotatable bonds is 28. The Balaban J connectivity index is 0.988. The Bertz CT molecular complexity index is 952. The molecule has 4 amide bonds. The van der Waals surface area contributed by atoms with Crippen molar-refractivity contribution in [2.24, 2.45) is 0 Å². The minimum absolute atomic E-state index is 0.236. The second-order valence-electron chi connectivity index (χ2n) is 9.61. The van der Waals surface area contributed by atoms with Crippen LogP contribution in [0.5, 0.6) is 0 Å². The third-order valence-corrected chi connectivity index (χ3v) is 6.28. The Hall–Kier alpha value is -3.04. The Morgan fingerprint density at radius 3 is 0.977 bits per heavy atom. The number of carbonyl (C=O) groups excluding carboxylic acids is 4. The fourth-order valence-electron chi connectivity index (χ4n) is 3.99. The van der Waals surface area contributed by atoms with E-state index in [0.717, 1.165) is 27.4 Å². The van der Waals surface area contributed by atoms with Crippen LogP contribution < -0.4 is 0 Å². The van der Waals surface area contributed by atoms with Crippen LogP contribution in [0.3, 0.4) is 0 Å². The number of hydrogen-bond acceptors (Lipinski definition) is 12. The van der Waals surface area contributed by atoms with Gasteiger partial charge in [-0.05, 0) is 0 Å². The largest absolute Gasteiger partial charge is 0.377 e. The quantitative estimate of drug-likeness (QED) is 0.0648. The van der Waals surface area contributed by atoms with E-state index in [4.69, 9.17) is 37.9 Å². The minimum Gasteiger partial charge on any atom is -0.377 e. The average molecular weight is 623 g/mol. The summed E-state index contributed by atoms with van der Waals surface area (Å²) in [6.45, 7) is 7.33. The number of imide groups is 2. The van der Waals surface area contributed by atoms with E-state index in [0.29, 0.717) is 92.5 Å². The first-order valence-electron chi connectivity index (χ1n) is 14.7. The number of carbonyl (C=O) groups is 4. The molecular weight excluding hydrogens is 580 g/mol. The van der Waals surface area contributed by atoms with Crippen LogP contribution in [0.1, 0.15) is 6.42 Å². The van der Waals surface area contributed by atoms with E-state index in [1.54, 1.807) is 0 Å². The van der Waals surface area contributed by atoms with Gasteiger partial charge in [0.1, 0.15) is 0 Å². The monoisotopic (exact) mass is 622 g/mol. The Kier molecular flexibility index (Phi) is 17.4. The normalized spacial score (nSPS) is 16.0. The van der Waals surface area contributed by atoms with E-state index in [1.807, 2.05) is 0 Å². The fraction of sp³-hybridized carbons (Fsp3) is 0.633. The summed E-state index contributed by atoms with van der Waals surface area (Å²) in [7, 11) is 0. The molecular formula is C30H42N2O12. The van der Waals surface area contributed by atoms with Gasteiger partial charge in [0, 0.05) is 41.9 Å². The molecule has 0 radical (unpaired) electrons. The van der Waals surface area contributed by atoms with Crippen LogP contribution in [-0.2, 0) is 57.1 Å². The molecule has 0 aromatic heterocycles. The topological polar surface area (TPSA) is 149 Å². The highest BCUT2D eigenvalue weighted by atomic mass is 16.6. The van der Waals surface area contributed by atoms with E-state index in [-0.39, 0.29) is 49.9 Å². The van der Waals surface area contributed by atoms with Gasteiger partial charge in [-0.1, -0.05) is 0 Å². The number of ether oxygens (including phenoxy) is 8. The predicted molar refractivity (Wildman–Crippen MR) is 153 cm³/mol. The maximum atomic E-state index is 11.4. The van der Waals surface area contributed by atoms with Gasteiger partial charge in [0.05, 0.1) is 119 Å². The van der Waals surface area contributed by atoms with Gasteiger partial charge in [0.25, 0.3) is 23.6 Å². The highest BCUT2D eigenvalue weighted by Crippen LogP contribution is 2.19. The van der Waals surface area contributed by atoms with Gasteiger partial charge in [0.2, 0.25) is 0 Å². The molecule has 0 aromatic carbocycles. The third kappa shape index (κ3) is 14.2. The number of amides is 4. The van der Waals surface area contributed by atoms with Gasteiger partial charge in [-0.15, -0.1) is 5.73 Å². The lowest BCUT2D eigenvalue weighted by Crippen LogP contribution is -2.33. The molecule has 2 aliphatic heterocycles. The Morgan fingerprint density at radius 2 is 0.682 bits per heavy atom. The summed E-state index contributed by atoms with van der Waals surface area (Å²) in [5, 5.41) is 0. The summed E-state index contributed by atoms with van der Waals surface area (Å²) < 4.78 is 43.7. The van der Waals surface area contributed by atoms with Crippen molar-refractivity contribution in [3.8, 4) is 0 Å². The van der Waals surface area contributed by atoms with Crippen molar-refractivity contribution in [2.75, 3.05) is 119 Å². The molecule has 244 valence electrons. The molecule has 44 heavy (non-hydrogen) atoms. The zero-order valence-corrected chi connectivity index (χ0v) is 25.0. The molecule has 0 spiro atoms. The van der Waals surface area contributed by atoms with Crippen LogP contribution in [0.25, 0.3) is 0 Å². The van der Waals surface area contributed by atoms with Crippen LogP contribution >= 0.6 is 0 Å². The fourth-order valence-corrected chi connectivity index (χ4v) is 3.99. The Morgan fingerprint density at radius 1 is 0.432 bits per heavy atom. The molecule has 14 nitrogen and oxygen atoms in total. The van der Waals surface area contributed by atoms with Gasteiger partial charge in [-0.25, -0.2) is 0 Å². The SMILES string of the molecule is O=C1C=CC(=O)N1CCOCCOCCOCCOCC1=C=C(COCCOCCOCCOCCN2C(=O)C=CC2=O)C1. The van der Waals surface area contributed by atoms with E-state index < -0.39 is 0 Å². The van der Waals surface area contributed by atoms with E-state index >= 15 is 0 Å². The highest BCUT2D eigenvalue weighted by Gasteiger charge is 2.23. The lowest BCUT2D eigenvalue weighted by atomic mass is 9.99. The molecule has 2 heterocycles. The molecule has 0 unspecified atom stereocenters. The average Bonchev–Trinajstić information content (AvgIpc) is 3.49. The van der Waals surface area contributed by atoms with E-state index in [2.05, 4.69) is 5.73 Å². The van der Waals surface area contributed by atoms with Crippen molar-refractivity contribution in [2.45, 2.75) is 6.42 Å². The van der Waals surface area contributed by atoms with Gasteiger partial charge in [-0.3, -0.25) is 29.0 Å². The van der Waals surface area contributed by atoms with Gasteiger partial charge >= 0.3 is 0 Å². The second-order valence-corrected chi connectivity index (χ2v) is 9.61. The maximum absolute atomic E-state index is 11.4. The smallest absolute Gasteiger partial charge is 0.253 e. The zero-order chi connectivity index (χ0) is 31.2. The summed E-state index contributed by atoms with van der Waals surface area (Å²) >= 11 is 0. The number of hydrogen-bond donors (Lipinski definition) is 0. The molecule has 0 fully saturated rings. The van der Waals surface area contributed by atoms with E-state index in [9.17, 15) is 19.2 Å². The van der Waals surface area contributed by atoms with Crippen molar-refractivity contribution < 1.29 is 57.1 Å². The maximum Gasteiger partial charge on any atom is 0.253 e. The van der Waals surface area contributed by atoms with Crippen molar-refractivity contribution in [1.29, 1.82) is 0 Å². The van der Waals surface area contributed by atoms with Crippen molar-refractivity contribution in [3.63, 3.8) is 0 Å². The summed E-state index contributed by atoms with van der Waals surface area (Å²) in [6, 6.07) is 0. The van der Waals surface area contributed by atoms with Crippen LogP contribution in [0.4, 0.5) is 0 Å². The minimum atomic E-state index is -0.309. The molecule has 0 atom stereocenters. The van der Waals surface area contributed by atoms with Crippen LogP contribution in [0, 0.1) is 0 Å². The molecule has 3 rings (SSSR count). The van der Waals surface area contributed by atoms with Gasteiger partial charge in [0.15, 0.2) is 0 Å². The van der Waals surface area contributed by atoms with Crippen molar-refractivity contribution in [3.05, 3.63) is 41.2 Å². The predicted octanol–water partition coefficient (Wildman–Crippen LogP) is -0.175. The molecule has 0 N–H and O–H groups in total. The van der Waals surface area contributed by atoms with Gasteiger partial charge < -0.3 is 37.9 Å². The van der Waals surface area contributed by atoms with Crippen molar-refractivity contribution in [1.82, 2.24) is 9.80 Å². The highest BCUT2D eigenvalue weighted by molar-refractivity contribution is 6.13. The molecule has 0 aromatic rings. The Labute approximate surface area is 257 Å². The van der Waals surface area contributed by atoms with Gasteiger partial charge in [-0.2, -0.15) is 0 Å². The molecule has 1 aliphatic carbocycles. The first kappa shape index (κ1) is 35.4. The van der Waals surface area contributed by atoms with Crippen molar-refractivity contribution >= 4 is 23.6 Å². The summed E-state index contributed by atoms with van der Waals surface area (Å²) in [4.78, 5) is 47.9. The lowest BCUT2D eigenvalue weighted by molar-refractivity contribution is -0.139. The molecule has 0 bridgehead atoms. The summed E-state index contributed by atoms with van der Waals surface area (Å²) in [5.41, 5.74) is 5.47. The lowest BCUT2D eigenvalue weighted by Gasteiger charge is -2.16. The molecule has 14 heteroatoms. The van der Waals surface area contributed by atoms with Crippen LogP contribution in [-0.4, -0.2) is 152 Å². The first-order chi connectivity index (χ1) is 21.5. The summed E-state index contributed by atoms with van der Waals surface area (Å²) in [6.07, 6.45) is 5.84. The second kappa shape index (κ2) is 21.6.